The summed E-state index contributed by atoms with van der Waals surface area (Å²) in [7, 11) is 1.64. The Hall–Kier alpha value is -1.43. The third-order valence-electron chi connectivity index (χ3n) is 1.50. The van der Waals surface area contributed by atoms with Gasteiger partial charge in [0.1, 0.15) is 0 Å². The van der Waals surface area contributed by atoms with Crippen LogP contribution in [-0.2, 0) is 18.3 Å². The summed E-state index contributed by atoms with van der Waals surface area (Å²) in [4.78, 5) is 10.2. The minimum Gasteiger partial charge on any atom is -0.479 e. The maximum absolute atomic E-state index is 10.2. The highest BCUT2D eigenvalue weighted by molar-refractivity contribution is 5.72. The van der Waals surface area contributed by atoms with E-state index in [4.69, 9.17) is 10.2 Å². The minimum atomic E-state index is -1.39. The average molecular weight is 171 g/mol. The van der Waals surface area contributed by atoms with Crippen molar-refractivity contribution in [3.63, 3.8) is 0 Å². The van der Waals surface area contributed by atoms with Crippen molar-refractivity contribution >= 4 is 5.97 Å². The summed E-state index contributed by atoms with van der Waals surface area (Å²) < 4.78 is 1.42. The molecule has 0 aliphatic carbocycles. The van der Waals surface area contributed by atoms with Crippen LogP contribution in [0.3, 0.4) is 0 Å². The number of hydrogen-bond donors (Lipinski definition) is 2. The molecule has 0 saturated carbocycles. The molecule has 0 fully saturated rings. The normalized spacial score (nSPS) is 12.8. The highest BCUT2D eigenvalue weighted by Crippen LogP contribution is 1.99. The number of carboxylic acid groups (broad SMARTS) is 1. The number of aromatic nitrogens is 3. The summed E-state index contributed by atoms with van der Waals surface area (Å²) >= 11 is 0. The van der Waals surface area contributed by atoms with E-state index < -0.39 is 12.1 Å². The fourth-order valence-electron chi connectivity index (χ4n) is 0.781. The summed E-state index contributed by atoms with van der Waals surface area (Å²) in [6, 6.07) is 0. The van der Waals surface area contributed by atoms with E-state index in [1.807, 2.05) is 0 Å². The third-order valence-corrected chi connectivity index (χ3v) is 1.50. The van der Waals surface area contributed by atoms with Gasteiger partial charge in [-0.05, 0) is 0 Å². The number of hydrogen-bond acceptors (Lipinski definition) is 4. The first-order valence-electron chi connectivity index (χ1n) is 3.35. The van der Waals surface area contributed by atoms with Crippen LogP contribution in [0.5, 0.6) is 0 Å². The van der Waals surface area contributed by atoms with E-state index in [0.717, 1.165) is 0 Å². The molecule has 0 aliphatic rings. The van der Waals surface area contributed by atoms with E-state index in [1.165, 1.54) is 10.9 Å². The number of aliphatic hydroxyl groups is 1. The summed E-state index contributed by atoms with van der Waals surface area (Å²) in [5.74, 6) is -1.24. The molecule has 0 aromatic carbocycles. The van der Waals surface area contributed by atoms with Crippen molar-refractivity contribution in [2.75, 3.05) is 0 Å². The largest absolute Gasteiger partial charge is 0.479 e. The molecule has 1 aromatic heterocycles. The van der Waals surface area contributed by atoms with Crippen LogP contribution >= 0.6 is 0 Å². The number of aryl methyl sites for hydroxylation is 1. The highest BCUT2D eigenvalue weighted by atomic mass is 16.4. The zero-order chi connectivity index (χ0) is 9.14. The fraction of sp³-hybridized carbons (Fsp3) is 0.500. The maximum atomic E-state index is 10.2. The van der Waals surface area contributed by atoms with Crippen molar-refractivity contribution in [3.05, 3.63) is 11.9 Å². The van der Waals surface area contributed by atoms with Crippen molar-refractivity contribution in [2.45, 2.75) is 12.5 Å². The molecule has 0 radical (unpaired) electrons. The van der Waals surface area contributed by atoms with Crippen molar-refractivity contribution in [1.29, 1.82) is 0 Å². The van der Waals surface area contributed by atoms with Gasteiger partial charge >= 0.3 is 5.97 Å². The summed E-state index contributed by atoms with van der Waals surface area (Å²) in [5.41, 5.74) is 0.588. The van der Waals surface area contributed by atoms with Gasteiger partial charge in [-0.25, -0.2) is 4.79 Å². The third kappa shape index (κ3) is 1.79. The van der Waals surface area contributed by atoms with Crippen LogP contribution < -0.4 is 0 Å². The van der Waals surface area contributed by atoms with Gasteiger partial charge in [0, 0.05) is 13.5 Å². The molecule has 1 rings (SSSR count). The molecule has 0 aliphatic heterocycles. The second-order valence-corrected chi connectivity index (χ2v) is 2.41. The van der Waals surface area contributed by atoms with Crippen LogP contribution in [0.4, 0.5) is 0 Å². The molecule has 1 heterocycles. The average Bonchev–Trinajstić information content (AvgIpc) is 2.36. The predicted octanol–water partition coefficient (Wildman–Crippen LogP) is -1.20. The van der Waals surface area contributed by atoms with E-state index in [0.29, 0.717) is 5.69 Å². The SMILES string of the molecule is Cn1nncc1C[C@@H](O)C(=O)O. The second-order valence-electron chi connectivity index (χ2n) is 2.41. The molecular formula is C6H9N3O3. The lowest BCUT2D eigenvalue weighted by atomic mass is 10.2. The molecule has 0 spiro atoms. The molecule has 0 amide bonds. The Morgan fingerprint density at radius 2 is 2.50 bits per heavy atom. The monoisotopic (exact) mass is 171 g/mol. The predicted molar refractivity (Wildman–Crippen MR) is 38.3 cm³/mol. The number of carbonyl (C=O) groups is 1. The van der Waals surface area contributed by atoms with Crippen molar-refractivity contribution in [1.82, 2.24) is 15.0 Å². The first-order chi connectivity index (χ1) is 5.61. The quantitative estimate of drug-likeness (QED) is 0.596. The van der Waals surface area contributed by atoms with Gasteiger partial charge in [-0.15, -0.1) is 5.10 Å². The van der Waals surface area contributed by atoms with Crippen LogP contribution in [0, 0.1) is 0 Å². The topological polar surface area (TPSA) is 88.2 Å². The second kappa shape index (κ2) is 3.31. The van der Waals surface area contributed by atoms with Crippen LogP contribution in [0.15, 0.2) is 6.20 Å². The van der Waals surface area contributed by atoms with Gasteiger partial charge in [-0.1, -0.05) is 5.21 Å². The fourth-order valence-corrected chi connectivity index (χ4v) is 0.781. The first-order valence-corrected chi connectivity index (χ1v) is 3.35. The lowest BCUT2D eigenvalue weighted by Crippen LogP contribution is -2.23. The Morgan fingerprint density at radius 1 is 1.83 bits per heavy atom. The van der Waals surface area contributed by atoms with E-state index in [2.05, 4.69) is 10.3 Å². The molecule has 1 atom stereocenters. The molecule has 6 nitrogen and oxygen atoms in total. The summed E-state index contributed by atoms with van der Waals surface area (Å²) in [6.07, 6.45) is 0.0625. The van der Waals surface area contributed by atoms with Gasteiger partial charge in [0.25, 0.3) is 0 Å². The van der Waals surface area contributed by atoms with E-state index in [1.54, 1.807) is 7.05 Å². The Morgan fingerprint density at radius 3 is 2.92 bits per heavy atom. The van der Waals surface area contributed by atoms with Crippen LogP contribution in [0.1, 0.15) is 5.69 Å². The zero-order valence-corrected chi connectivity index (χ0v) is 6.51. The van der Waals surface area contributed by atoms with Crippen molar-refractivity contribution < 1.29 is 15.0 Å². The Labute approximate surface area is 68.4 Å². The Bertz CT molecular complexity index is 283. The van der Waals surface area contributed by atoms with Crippen LogP contribution in [-0.4, -0.2) is 37.3 Å². The maximum Gasteiger partial charge on any atom is 0.332 e. The molecule has 0 unspecified atom stereocenters. The number of carboxylic acids is 1. The molecule has 1 aromatic rings. The van der Waals surface area contributed by atoms with Gasteiger partial charge < -0.3 is 10.2 Å². The number of rotatable bonds is 3. The van der Waals surface area contributed by atoms with Gasteiger partial charge in [-0.2, -0.15) is 0 Å². The molecule has 6 heteroatoms. The van der Waals surface area contributed by atoms with Gasteiger partial charge in [-0.3, -0.25) is 4.68 Å². The molecule has 0 bridgehead atoms. The molecular weight excluding hydrogens is 162 g/mol. The highest BCUT2D eigenvalue weighted by Gasteiger charge is 2.15. The smallest absolute Gasteiger partial charge is 0.332 e. The van der Waals surface area contributed by atoms with Crippen LogP contribution in [0.2, 0.25) is 0 Å². The Balaban J connectivity index is 2.64. The summed E-state index contributed by atoms with van der Waals surface area (Å²) in [5, 5.41) is 24.5. The van der Waals surface area contributed by atoms with Gasteiger partial charge in [0.2, 0.25) is 0 Å². The van der Waals surface area contributed by atoms with Crippen molar-refractivity contribution in [2.24, 2.45) is 7.05 Å². The van der Waals surface area contributed by atoms with Gasteiger partial charge in [0.15, 0.2) is 6.10 Å². The summed E-state index contributed by atoms with van der Waals surface area (Å²) in [6.45, 7) is 0. The minimum absolute atomic E-state index is 0.0266. The number of aliphatic hydroxyl groups excluding tert-OH is 1. The number of aliphatic carboxylic acids is 1. The zero-order valence-electron chi connectivity index (χ0n) is 6.51. The van der Waals surface area contributed by atoms with E-state index in [-0.39, 0.29) is 6.42 Å². The van der Waals surface area contributed by atoms with Crippen LogP contribution in [0.25, 0.3) is 0 Å². The lowest BCUT2D eigenvalue weighted by molar-refractivity contribution is -0.146. The van der Waals surface area contributed by atoms with E-state index in [9.17, 15) is 4.79 Å². The molecule has 66 valence electrons. The molecule has 0 saturated heterocycles. The first kappa shape index (κ1) is 8.66. The standard InChI is InChI=1S/C6H9N3O3/c1-9-4(3-7-8-9)2-5(10)6(11)12/h3,5,10H,2H2,1H3,(H,11,12)/t5-/m1/s1. The van der Waals surface area contributed by atoms with Gasteiger partial charge in [0.05, 0.1) is 11.9 Å². The lowest BCUT2D eigenvalue weighted by Gasteiger charge is -2.03. The van der Waals surface area contributed by atoms with Crippen molar-refractivity contribution in [3.8, 4) is 0 Å². The molecule has 12 heavy (non-hydrogen) atoms. The molecule has 2 N–H and O–H groups in total. The Kier molecular flexibility index (Phi) is 2.39. The van der Waals surface area contributed by atoms with E-state index >= 15 is 0 Å². The number of nitrogens with zero attached hydrogens (tertiary/aromatic N) is 3.